The number of fused-ring (bicyclic) bond motifs is 1. The molecule has 2 heterocycles. The highest BCUT2D eigenvalue weighted by atomic mass is 35.5. The average molecular weight is 584 g/mol. The molecular weight excluding hydrogens is 549 g/mol. The van der Waals surface area contributed by atoms with Crippen LogP contribution in [0.25, 0.3) is 10.9 Å². The Hall–Kier alpha value is -3.27. The van der Waals surface area contributed by atoms with Gasteiger partial charge in [-0.15, -0.1) is 0 Å². The summed E-state index contributed by atoms with van der Waals surface area (Å²) in [5.74, 6) is -1.32. The number of likely N-dealkylation sites (tertiary alicyclic amines) is 1. The molecule has 0 unspecified atom stereocenters. The highest BCUT2D eigenvalue weighted by molar-refractivity contribution is 6.34. The number of amides is 1. The number of hydrogen-bond donors (Lipinski definition) is 1. The van der Waals surface area contributed by atoms with Crippen LogP contribution in [0.5, 0.6) is 0 Å². The summed E-state index contributed by atoms with van der Waals surface area (Å²) in [4.78, 5) is 40.0. The molecule has 0 bridgehead atoms. The Bertz CT molecular complexity index is 1450. The van der Waals surface area contributed by atoms with Crippen LogP contribution in [0.3, 0.4) is 0 Å². The van der Waals surface area contributed by atoms with E-state index in [0.29, 0.717) is 18.7 Å². The van der Waals surface area contributed by atoms with Crippen LogP contribution in [0.4, 0.5) is 10.1 Å². The predicted octanol–water partition coefficient (Wildman–Crippen LogP) is 5.51. The highest BCUT2D eigenvalue weighted by Crippen LogP contribution is 2.30. The van der Waals surface area contributed by atoms with E-state index in [1.807, 2.05) is 40.8 Å². The lowest BCUT2D eigenvalue weighted by Crippen LogP contribution is -2.40. The molecule has 0 radical (unpaired) electrons. The van der Waals surface area contributed by atoms with Crippen molar-refractivity contribution in [2.24, 2.45) is 13.0 Å². The van der Waals surface area contributed by atoms with E-state index in [0.717, 1.165) is 49.6 Å². The van der Waals surface area contributed by atoms with Gasteiger partial charge in [0.1, 0.15) is 5.82 Å². The lowest BCUT2D eigenvalue weighted by molar-refractivity contribution is -0.148. The van der Waals surface area contributed by atoms with Gasteiger partial charge in [0.05, 0.1) is 48.2 Å². The number of esters is 1. The third-order valence-electron chi connectivity index (χ3n) is 8.31. The minimum Gasteiger partial charge on any atom is -0.469 e. The first-order valence-electron chi connectivity index (χ1n) is 14.0. The molecule has 218 valence electrons. The molecule has 8 nitrogen and oxygen atoms in total. The van der Waals surface area contributed by atoms with Gasteiger partial charge in [0, 0.05) is 37.1 Å². The average Bonchev–Trinajstić information content (AvgIpc) is 3.59. The zero-order valence-electron chi connectivity index (χ0n) is 23.3. The van der Waals surface area contributed by atoms with Gasteiger partial charge in [-0.05, 0) is 62.3 Å². The molecule has 0 spiro atoms. The predicted molar refractivity (Wildman–Crippen MR) is 154 cm³/mol. The topological polar surface area (TPSA) is 89.9 Å². The van der Waals surface area contributed by atoms with Gasteiger partial charge in [-0.2, -0.15) is 0 Å². The minimum atomic E-state index is -0.598. The number of rotatable bonds is 9. The van der Waals surface area contributed by atoms with E-state index in [4.69, 9.17) is 21.1 Å². The van der Waals surface area contributed by atoms with Crippen LogP contribution in [-0.4, -0.2) is 59.7 Å². The molecule has 1 atom stereocenters. The first-order valence-corrected chi connectivity index (χ1v) is 14.4. The summed E-state index contributed by atoms with van der Waals surface area (Å²) in [6.07, 6.45) is 6.23. The second kappa shape index (κ2) is 12.7. The van der Waals surface area contributed by atoms with Crippen molar-refractivity contribution < 1.29 is 28.2 Å². The van der Waals surface area contributed by atoms with Crippen LogP contribution in [0.1, 0.15) is 54.4 Å². The normalized spacial score (nSPS) is 21.2. The number of nitrogens with one attached hydrogen (secondary N) is 1. The minimum absolute atomic E-state index is 0.0418. The van der Waals surface area contributed by atoms with Gasteiger partial charge in [0.2, 0.25) is 0 Å². The van der Waals surface area contributed by atoms with Gasteiger partial charge in [-0.1, -0.05) is 29.8 Å². The summed E-state index contributed by atoms with van der Waals surface area (Å²) < 4.78 is 28.0. The van der Waals surface area contributed by atoms with Crippen LogP contribution >= 0.6 is 11.6 Å². The summed E-state index contributed by atoms with van der Waals surface area (Å²) in [7, 11) is 3.27. The fourth-order valence-corrected chi connectivity index (χ4v) is 6.25. The second-order valence-corrected chi connectivity index (χ2v) is 11.4. The zero-order valence-corrected chi connectivity index (χ0v) is 24.1. The van der Waals surface area contributed by atoms with Crippen molar-refractivity contribution in [2.75, 3.05) is 25.7 Å². The molecule has 1 N–H and O–H groups in total. The van der Waals surface area contributed by atoms with Crippen LogP contribution in [0.2, 0.25) is 5.02 Å². The van der Waals surface area contributed by atoms with Crippen molar-refractivity contribution in [3.8, 4) is 0 Å². The van der Waals surface area contributed by atoms with E-state index in [1.54, 1.807) is 6.20 Å². The fraction of sp³-hybridized carbons (Fsp3) is 0.452. The Morgan fingerprint density at radius 1 is 1.10 bits per heavy atom. The molecule has 2 aromatic carbocycles. The van der Waals surface area contributed by atoms with Crippen molar-refractivity contribution in [3.63, 3.8) is 0 Å². The van der Waals surface area contributed by atoms with Gasteiger partial charge in [-0.3, -0.25) is 19.3 Å². The third-order valence-corrected chi connectivity index (χ3v) is 8.62. The first kappa shape index (κ1) is 29.2. The maximum absolute atomic E-state index is 15.2. The molecule has 1 aliphatic heterocycles. The molecule has 5 rings (SSSR count). The number of methoxy groups -OCH3 is 1. The van der Waals surface area contributed by atoms with Crippen LogP contribution in [0.15, 0.2) is 42.6 Å². The van der Waals surface area contributed by atoms with E-state index >= 15 is 4.39 Å². The van der Waals surface area contributed by atoms with Crippen LogP contribution in [-0.2, 0) is 32.5 Å². The SMILES string of the molecule is COC(=O)C1CCC(OCN2CCC[C@@H]2C(=O)Cc2cc(Cl)c(NC(=O)c3cn(C)c4ccccc34)cc2F)CC1. The largest absolute Gasteiger partial charge is 0.469 e. The number of aryl methyl sites for hydroxylation is 1. The lowest BCUT2D eigenvalue weighted by atomic mass is 9.87. The summed E-state index contributed by atoms with van der Waals surface area (Å²) >= 11 is 6.45. The monoisotopic (exact) mass is 583 g/mol. The molecule has 10 heteroatoms. The maximum Gasteiger partial charge on any atom is 0.308 e. The number of anilines is 1. The summed E-state index contributed by atoms with van der Waals surface area (Å²) in [5.41, 5.74) is 1.70. The number of halogens is 2. The summed E-state index contributed by atoms with van der Waals surface area (Å²) in [6, 6.07) is 9.76. The standard InChI is InChI=1S/C31H35ClFN3O5/c1-35-17-23(22-6-3-4-7-27(22)35)30(38)34-26-16-25(33)20(14-24(26)32)15-29(37)28-8-5-13-36(28)18-41-21-11-9-19(10-12-21)31(39)40-2/h3-4,6-7,14,16-17,19,21,28H,5,8-13,15,18H2,1-2H3,(H,34,38)/t19?,21?,28-/m1/s1. The number of carbonyl (C=O) groups excluding carboxylic acids is 3. The fourth-order valence-electron chi connectivity index (χ4n) is 6.02. The van der Waals surface area contributed by atoms with E-state index in [-0.39, 0.29) is 52.5 Å². The molecule has 1 saturated heterocycles. The molecule has 2 fully saturated rings. The summed E-state index contributed by atoms with van der Waals surface area (Å²) in [5, 5.41) is 3.66. The number of ether oxygens (including phenoxy) is 2. The number of hydrogen-bond acceptors (Lipinski definition) is 6. The number of nitrogens with zero attached hydrogens (tertiary/aromatic N) is 2. The molecule has 1 aromatic heterocycles. The molecule has 1 amide bonds. The van der Waals surface area contributed by atoms with E-state index in [2.05, 4.69) is 5.32 Å². The zero-order chi connectivity index (χ0) is 29.1. The molecule has 1 saturated carbocycles. The Morgan fingerprint density at radius 3 is 2.61 bits per heavy atom. The smallest absolute Gasteiger partial charge is 0.308 e. The van der Waals surface area contributed by atoms with Crippen LogP contribution < -0.4 is 5.32 Å². The first-order chi connectivity index (χ1) is 19.7. The lowest BCUT2D eigenvalue weighted by Gasteiger charge is -2.30. The molecule has 3 aromatic rings. The van der Waals surface area contributed by atoms with Gasteiger partial charge in [0.25, 0.3) is 5.91 Å². The third kappa shape index (κ3) is 6.47. The van der Waals surface area contributed by atoms with Crippen molar-refractivity contribution in [3.05, 3.63) is 64.6 Å². The van der Waals surface area contributed by atoms with Crippen molar-refractivity contribution in [1.29, 1.82) is 0 Å². The Balaban J connectivity index is 1.18. The van der Waals surface area contributed by atoms with Crippen molar-refractivity contribution in [1.82, 2.24) is 9.47 Å². The van der Waals surface area contributed by atoms with Crippen molar-refractivity contribution >= 4 is 45.9 Å². The van der Waals surface area contributed by atoms with Crippen molar-refractivity contribution in [2.45, 2.75) is 57.1 Å². The summed E-state index contributed by atoms with van der Waals surface area (Å²) in [6.45, 7) is 1.06. The van der Waals surface area contributed by atoms with E-state index in [1.165, 1.54) is 19.2 Å². The number of para-hydroxylation sites is 1. The van der Waals surface area contributed by atoms with Crippen LogP contribution in [0, 0.1) is 11.7 Å². The highest BCUT2D eigenvalue weighted by Gasteiger charge is 2.33. The maximum atomic E-state index is 15.2. The quantitative estimate of drug-likeness (QED) is 0.334. The number of ketones is 1. The number of Topliss-reactive ketones (excluding diaryl/α,β-unsaturated/α-hetero) is 1. The molecule has 1 aliphatic carbocycles. The Morgan fingerprint density at radius 2 is 1.85 bits per heavy atom. The molecular formula is C31H35ClFN3O5. The number of carbonyl (C=O) groups is 3. The van der Waals surface area contributed by atoms with E-state index in [9.17, 15) is 14.4 Å². The molecule has 41 heavy (non-hydrogen) atoms. The van der Waals surface area contributed by atoms with Gasteiger partial charge in [-0.25, -0.2) is 4.39 Å². The van der Waals surface area contributed by atoms with Gasteiger partial charge < -0.3 is 19.4 Å². The number of aromatic nitrogens is 1. The Kier molecular flexibility index (Phi) is 9.06. The van der Waals surface area contributed by atoms with E-state index < -0.39 is 11.7 Å². The molecule has 2 aliphatic rings. The van der Waals surface area contributed by atoms with Gasteiger partial charge >= 0.3 is 5.97 Å². The van der Waals surface area contributed by atoms with Gasteiger partial charge in [0.15, 0.2) is 5.78 Å². The number of benzene rings is 2. The Labute approximate surface area is 243 Å². The second-order valence-electron chi connectivity index (χ2n) is 11.0.